The summed E-state index contributed by atoms with van der Waals surface area (Å²) >= 11 is 10.2. The molecular weight excluding hydrogens is 302 g/mol. The average molecular weight is 311 g/mol. The van der Waals surface area contributed by atoms with Crippen LogP contribution in [0.2, 0.25) is 0 Å². The molecule has 1 aliphatic carbocycles. The van der Waals surface area contributed by atoms with Crippen molar-refractivity contribution in [2.75, 3.05) is 0 Å². The molecule has 1 nitrogen and oxygen atoms in total. The van der Waals surface area contributed by atoms with Gasteiger partial charge in [-0.3, -0.25) is 4.79 Å². The lowest BCUT2D eigenvalue weighted by atomic mass is 10.1. The van der Waals surface area contributed by atoms with Crippen molar-refractivity contribution in [3.8, 4) is 0 Å². The van der Waals surface area contributed by atoms with E-state index in [9.17, 15) is 26.7 Å². The van der Waals surface area contributed by atoms with Crippen molar-refractivity contribution in [1.29, 1.82) is 0 Å². The highest BCUT2D eigenvalue weighted by molar-refractivity contribution is 6.64. The Labute approximate surface area is 110 Å². The van der Waals surface area contributed by atoms with Gasteiger partial charge in [-0.2, -0.15) is 22.0 Å². The molecule has 1 rings (SSSR count). The summed E-state index contributed by atoms with van der Waals surface area (Å²) < 4.78 is 61.8. The number of carbonyl (C=O) groups excluding carboxylic acids is 1. The van der Waals surface area contributed by atoms with Crippen molar-refractivity contribution in [3.05, 3.63) is 11.1 Å². The lowest BCUT2D eigenvalue weighted by Crippen LogP contribution is -2.36. The van der Waals surface area contributed by atoms with Crippen LogP contribution in [-0.2, 0) is 4.79 Å². The largest absolute Gasteiger partial charge is 0.459 e. The predicted octanol–water partition coefficient (Wildman–Crippen LogP) is 4.34. The maximum absolute atomic E-state index is 12.8. The SMILES string of the molecule is CC1(C)[C@@H](C=C(Cl)C(F)(F)C(F)(F)F)[C@@H]1C(=O)Cl. The van der Waals surface area contributed by atoms with Crippen molar-refractivity contribution < 1.29 is 26.7 Å². The Morgan fingerprint density at radius 2 is 1.61 bits per heavy atom. The number of halogens is 7. The molecule has 104 valence electrons. The van der Waals surface area contributed by atoms with Gasteiger partial charge in [0.05, 0.1) is 5.03 Å². The van der Waals surface area contributed by atoms with Gasteiger partial charge in [0.2, 0.25) is 5.24 Å². The molecule has 0 N–H and O–H groups in total. The Balaban J connectivity index is 2.97. The van der Waals surface area contributed by atoms with Crippen LogP contribution in [0.3, 0.4) is 0 Å². The first kappa shape index (κ1) is 15.7. The molecule has 0 aromatic rings. The van der Waals surface area contributed by atoms with Crippen LogP contribution < -0.4 is 0 Å². The number of hydrogen-bond acceptors (Lipinski definition) is 1. The minimum atomic E-state index is -5.76. The highest BCUT2D eigenvalue weighted by atomic mass is 35.5. The van der Waals surface area contributed by atoms with Crippen LogP contribution in [0.1, 0.15) is 13.8 Å². The van der Waals surface area contributed by atoms with Gasteiger partial charge in [-0.05, 0) is 22.9 Å². The fraction of sp³-hybridized carbons (Fsp3) is 0.700. The van der Waals surface area contributed by atoms with Gasteiger partial charge in [-0.25, -0.2) is 0 Å². The minimum Gasteiger partial charge on any atom is -0.281 e. The summed E-state index contributed by atoms with van der Waals surface area (Å²) in [5.74, 6) is -6.73. The normalized spacial score (nSPS) is 28.2. The van der Waals surface area contributed by atoms with E-state index in [4.69, 9.17) is 23.2 Å². The van der Waals surface area contributed by atoms with E-state index in [1.165, 1.54) is 13.8 Å². The molecular formula is C10H9Cl2F5O. The second-order valence-corrected chi connectivity index (χ2v) is 5.50. The van der Waals surface area contributed by atoms with Crippen molar-refractivity contribution in [2.45, 2.75) is 25.9 Å². The molecule has 0 radical (unpaired) electrons. The van der Waals surface area contributed by atoms with E-state index < -0.39 is 39.6 Å². The van der Waals surface area contributed by atoms with Gasteiger partial charge in [-0.15, -0.1) is 0 Å². The molecule has 0 amide bonds. The molecule has 0 heterocycles. The van der Waals surface area contributed by atoms with Crippen molar-refractivity contribution in [1.82, 2.24) is 0 Å². The fourth-order valence-corrected chi connectivity index (χ4v) is 2.48. The van der Waals surface area contributed by atoms with Crippen LogP contribution in [-0.4, -0.2) is 17.3 Å². The summed E-state index contributed by atoms with van der Waals surface area (Å²) in [5.41, 5.74) is -0.763. The van der Waals surface area contributed by atoms with Gasteiger partial charge in [0.1, 0.15) is 0 Å². The Morgan fingerprint density at radius 3 is 1.89 bits per heavy atom. The van der Waals surface area contributed by atoms with E-state index in [0.717, 1.165) is 0 Å². The van der Waals surface area contributed by atoms with Crippen LogP contribution in [0, 0.1) is 17.3 Å². The first-order chi connectivity index (χ1) is 7.83. The molecule has 18 heavy (non-hydrogen) atoms. The Kier molecular flexibility index (Phi) is 3.78. The first-order valence-electron chi connectivity index (χ1n) is 4.85. The summed E-state index contributed by atoms with van der Waals surface area (Å²) in [6, 6.07) is 0. The Bertz CT molecular complexity index is 400. The molecule has 0 aromatic carbocycles. The smallest absolute Gasteiger partial charge is 0.281 e. The highest BCUT2D eigenvalue weighted by Crippen LogP contribution is 2.61. The molecule has 0 unspecified atom stereocenters. The maximum atomic E-state index is 12.8. The van der Waals surface area contributed by atoms with Crippen LogP contribution in [0.4, 0.5) is 22.0 Å². The van der Waals surface area contributed by atoms with E-state index in [0.29, 0.717) is 6.08 Å². The zero-order chi connectivity index (χ0) is 14.5. The minimum absolute atomic E-state index is 0.569. The number of alkyl halides is 5. The molecule has 0 saturated heterocycles. The van der Waals surface area contributed by atoms with Crippen molar-refractivity contribution >= 4 is 28.4 Å². The number of hydrogen-bond donors (Lipinski definition) is 0. The summed E-state index contributed by atoms with van der Waals surface area (Å²) in [5, 5.41) is -2.41. The number of carbonyl (C=O) groups is 1. The number of allylic oxidation sites excluding steroid dienone is 2. The monoisotopic (exact) mass is 310 g/mol. The second-order valence-electron chi connectivity index (χ2n) is 4.72. The number of rotatable bonds is 3. The lowest BCUT2D eigenvalue weighted by molar-refractivity contribution is -0.261. The molecule has 0 aromatic heterocycles. The zero-order valence-electron chi connectivity index (χ0n) is 9.29. The Morgan fingerprint density at radius 1 is 1.17 bits per heavy atom. The third-order valence-electron chi connectivity index (χ3n) is 3.14. The maximum Gasteiger partial charge on any atom is 0.459 e. The fourth-order valence-electron chi connectivity index (χ4n) is 1.82. The standard InChI is InChI=1S/C10H9Cl2F5O/c1-8(2)4(6(8)7(12)18)3-5(11)9(13,14)10(15,16)17/h3-4,6H,1-2H3/t4-,6+/m0/s1. The predicted molar refractivity (Wildman–Crippen MR) is 56.6 cm³/mol. The van der Waals surface area contributed by atoms with Crippen molar-refractivity contribution in [3.63, 3.8) is 0 Å². The second kappa shape index (κ2) is 4.34. The van der Waals surface area contributed by atoms with Gasteiger partial charge in [0.15, 0.2) is 0 Å². The van der Waals surface area contributed by atoms with E-state index in [1.54, 1.807) is 0 Å². The van der Waals surface area contributed by atoms with Gasteiger partial charge in [0, 0.05) is 5.92 Å². The summed E-state index contributed by atoms with van der Waals surface area (Å²) in [4.78, 5) is 10.9. The van der Waals surface area contributed by atoms with Crippen LogP contribution >= 0.6 is 23.2 Å². The van der Waals surface area contributed by atoms with E-state index in [2.05, 4.69) is 0 Å². The summed E-state index contributed by atoms with van der Waals surface area (Å²) in [6.07, 6.45) is -5.19. The molecule has 2 atom stereocenters. The van der Waals surface area contributed by atoms with Crippen LogP contribution in [0.5, 0.6) is 0 Å². The van der Waals surface area contributed by atoms with Gasteiger partial charge < -0.3 is 0 Å². The third-order valence-corrected chi connectivity index (χ3v) is 3.74. The van der Waals surface area contributed by atoms with Gasteiger partial charge in [0.25, 0.3) is 0 Å². The summed E-state index contributed by atoms with van der Waals surface area (Å²) in [6.45, 7) is 3.07. The molecule has 0 aliphatic heterocycles. The average Bonchev–Trinajstić information content (AvgIpc) is 2.65. The van der Waals surface area contributed by atoms with Crippen LogP contribution in [0.15, 0.2) is 11.1 Å². The van der Waals surface area contributed by atoms with E-state index >= 15 is 0 Å². The molecule has 1 fully saturated rings. The van der Waals surface area contributed by atoms with E-state index in [-0.39, 0.29) is 0 Å². The quantitative estimate of drug-likeness (QED) is 0.559. The first-order valence-corrected chi connectivity index (χ1v) is 5.60. The molecule has 1 saturated carbocycles. The highest BCUT2D eigenvalue weighted by Gasteiger charge is 2.64. The van der Waals surface area contributed by atoms with Gasteiger partial charge >= 0.3 is 12.1 Å². The summed E-state index contributed by atoms with van der Waals surface area (Å²) in [7, 11) is 0. The lowest BCUT2D eigenvalue weighted by Gasteiger charge is -2.18. The third kappa shape index (κ3) is 2.50. The Hall–Kier alpha value is -0.360. The zero-order valence-corrected chi connectivity index (χ0v) is 10.8. The topological polar surface area (TPSA) is 17.1 Å². The van der Waals surface area contributed by atoms with Gasteiger partial charge in [-0.1, -0.05) is 31.5 Å². The molecule has 8 heteroatoms. The van der Waals surface area contributed by atoms with E-state index in [1.807, 2.05) is 0 Å². The van der Waals surface area contributed by atoms with Crippen LogP contribution in [0.25, 0.3) is 0 Å². The van der Waals surface area contributed by atoms with Crippen molar-refractivity contribution in [2.24, 2.45) is 17.3 Å². The molecule has 1 aliphatic rings. The molecule has 0 spiro atoms. The molecule has 0 bridgehead atoms.